The zero-order chi connectivity index (χ0) is 19.5. The van der Waals surface area contributed by atoms with Gasteiger partial charge in [-0.05, 0) is 18.6 Å². The molecule has 8 heteroatoms. The van der Waals surface area contributed by atoms with Crippen molar-refractivity contribution in [1.82, 2.24) is 9.97 Å². The zero-order valence-electron chi connectivity index (χ0n) is 15.0. The molecule has 4 rings (SSSR count). The van der Waals surface area contributed by atoms with Crippen LogP contribution in [0, 0.1) is 0 Å². The van der Waals surface area contributed by atoms with Crippen molar-refractivity contribution in [3.8, 4) is 11.3 Å². The number of carbonyl (C=O) groups is 1. The Morgan fingerprint density at radius 1 is 1.25 bits per heavy atom. The summed E-state index contributed by atoms with van der Waals surface area (Å²) in [5, 5.41) is 1.27. The normalized spacial score (nSPS) is 11.0. The number of hydrogen-bond acceptors (Lipinski definition) is 8. The number of carbonyl (C=O) groups excluding carboxylic acids is 1. The van der Waals surface area contributed by atoms with E-state index in [0.717, 1.165) is 11.3 Å². The van der Waals surface area contributed by atoms with E-state index in [1.54, 1.807) is 19.5 Å². The van der Waals surface area contributed by atoms with Crippen LogP contribution in [0.1, 0.15) is 22.2 Å². The van der Waals surface area contributed by atoms with Crippen LogP contribution in [0.25, 0.3) is 21.5 Å². The van der Waals surface area contributed by atoms with E-state index in [1.165, 1.54) is 28.7 Å². The van der Waals surface area contributed by atoms with E-state index in [4.69, 9.17) is 19.9 Å². The summed E-state index contributed by atoms with van der Waals surface area (Å²) in [6, 6.07) is 11.9. The van der Waals surface area contributed by atoms with E-state index in [2.05, 4.69) is 17.1 Å². The van der Waals surface area contributed by atoms with Crippen LogP contribution in [0.3, 0.4) is 0 Å². The van der Waals surface area contributed by atoms with Crippen molar-refractivity contribution in [3.63, 3.8) is 0 Å². The molecule has 0 aliphatic carbocycles. The third-order valence-corrected chi connectivity index (χ3v) is 6.03. The fraction of sp³-hybridized carbons (Fsp3) is 0.150. The van der Waals surface area contributed by atoms with Gasteiger partial charge >= 0.3 is 5.97 Å². The minimum atomic E-state index is -0.445. The fourth-order valence-corrected chi connectivity index (χ4v) is 4.59. The number of benzene rings is 1. The average molecular weight is 412 g/mol. The molecular formula is C20H17N3O3S2. The molecule has 4 aromatic rings. The molecule has 28 heavy (non-hydrogen) atoms. The average Bonchev–Trinajstić information content (AvgIpc) is 3.35. The van der Waals surface area contributed by atoms with Gasteiger partial charge in [0.15, 0.2) is 5.16 Å². The van der Waals surface area contributed by atoms with Crippen molar-refractivity contribution in [2.24, 2.45) is 0 Å². The minimum absolute atomic E-state index is 0.283. The second-order valence-electron chi connectivity index (χ2n) is 5.89. The van der Waals surface area contributed by atoms with Crippen molar-refractivity contribution in [3.05, 3.63) is 59.4 Å². The Labute approximate surface area is 169 Å². The van der Waals surface area contributed by atoms with Crippen molar-refractivity contribution in [2.75, 3.05) is 12.3 Å². The van der Waals surface area contributed by atoms with Crippen LogP contribution in [0.5, 0.6) is 0 Å². The first-order valence-electron chi connectivity index (χ1n) is 8.63. The predicted octanol–water partition coefficient (Wildman–Crippen LogP) is 5.00. The minimum Gasteiger partial charge on any atom is -0.472 e. The van der Waals surface area contributed by atoms with Gasteiger partial charge in [-0.2, -0.15) is 0 Å². The molecule has 0 saturated heterocycles. The van der Waals surface area contributed by atoms with Crippen molar-refractivity contribution >= 4 is 45.0 Å². The van der Waals surface area contributed by atoms with E-state index in [-0.39, 0.29) is 6.61 Å². The first kappa shape index (κ1) is 18.5. The highest BCUT2D eigenvalue weighted by atomic mass is 32.2. The Kier molecular flexibility index (Phi) is 5.31. The van der Waals surface area contributed by atoms with Crippen LogP contribution in [-0.4, -0.2) is 22.5 Å². The lowest BCUT2D eigenvalue weighted by Gasteiger charge is -2.05. The summed E-state index contributed by atoms with van der Waals surface area (Å²) < 4.78 is 10.3. The lowest BCUT2D eigenvalue weighted by molar-refractivity contribution is 0.0533. The maximum absolute atomic E-state index is 12.3. The Morgan fingerprint density at radius 2 is 2.07 bits per heavy atom. The van der Waals surface area contributed by atoms with Gasteiger partial charge in [0.1, 0.15) is 9.71 Å². The SMILES string of the molecule is CCOC(=O)c1sc2nc(SCc3ccccc3)nc(-c3ccoc3)c2c1N. The number of rotatable bonds is 6. The van der Waals surface area contributed by atoms with E-state index in [9.17, 15) is 4.79 Å². The van der Waals surface area contributed by atoms with Gasteiger partial charge < -0.3 is 14.9 Å². The molecule has 3 heterocycles. The number of thioether (sulfide) groups is 1. The first-order valence-corrected chi connectivity index (χ1v) is 10.4. The number of anilines is 1. The molecule has 0 atom stereocenters. The summed E-state index contributed by atoms with van der Waals surface area (Å²) in [5.74, 6) is 0.294. The van der Waals surface area contributed by atoms with Gasteiger partial charge in [0.25, 0.3) is 0 Å². The summed E-state index contributed by atoms with van der Waals surface area (Å²) in [6.45, 7) is 2.04. The maximum atomic E-state index is 12.3. The van der Waals surface area contributed by atoms with Gasteiger partial charge in [0.2, 0.25) is 0 Å². The number of nitrogens with zero attached hydrogens (tertiary/aromatic N) is 2. The Morgan fingerprint density at radius 3 is 2.79 bits per heavy atom. The number of esters is 1. The number of nitrogen functional groups attached to an aromatic ring is 1. The number of ether oxygens (including phenoxy) is 1. The van der Waals surface area contributed by atoms with Gasteiger partial charge in [0.05, 0.1) is 35.9 Å². The molecule has 0 fully saturated rings. The summed E-state index contributed by atoms with van der Waals surface area (Å²) in [6.07, 6.45) is 3.18. The second-order valence-corrected chi connectivity index (χ2v) is 7.83. The van der Waals surface area contributed by atoms with Gasteiger partial charge in [0, 0.05) is 11.3 Å². The number of fused-ring (bicyclic) bond motifs is 1. The first-order chi connectivity index (χ1) is 13.7. The lowest BCUT2D eigenvalue weighted by Crippen LogP contribution is -2.05. The maximum Gasteiger partial charge on any atom is 0.350 e. The van der Waals surface area contributed by atoms with Crippen LogP contribution in [0.4, 0.5) is 5.69 Å². The number of aromatic nitrogens is 2. The molecule has 142 valence electrons. The molecule has 0 bridgehead atoms. The molecule has 2 N–H and O–H groups in total. The Hall–Kier alpha value is -2.84. The van der Waals surface area contributed by atoms with Crippen molar-refractivity contribution in [2.45, 2.75) is 17.8 Å². The molecule has 0 aliphatic heterocycles. The highest BCUT2D eigenvalue weighted by Crippen LogP contribution is 2.40. The van der Waals surface area contributed by atoms with Crippen molar-refractivity contribution in [1.29, 1.82) is 0 Å². The molecule has 0 amide bonds. The number of furan rings is 1. The monoisotopic (exact) mass is 411 g/mol. The number of thiophene rings is 1. The zero-order valence-corrected chi connectivity index (χ0v) is 16.7. The van der Waals surface area contributed by atoms with Crippen LogP contribution in [0.15, 0.2) is 58.5 Å². The smallest absolute Gasteiger partial charge is 0.350 e. The van der Waals surface area contributed by atoms with E-state index >= 15 is 0 Å². The number of hydrogen-bond donors (Lipinski definition) is 1. The van der Waals surface area contributed by atoms with Crippen LogP contribution >= 0.6 is 23.1 Å². The Balaban J connectivity index is 1.78. The standard InChI is InChI=1S/C20H17N3O3S2/c1-2-26-19(24)17-15(21)14-16(13-8-9-25-10-13)22-20(23-18(14)28-17)27-11-12-6-4-3-5-7-12/h3-10H,2,11,21H2,1H3. The molecule has 3 aromatic heterocycles. The highest BCUT2D eigenvalue weighted by Gasteiger charge is 2.23. The van der Waals surface area contributed by atoms with Gasteiger partial charge in [-0.3, -0.25) is 0 Å². The topological polar surface area (TPSA) is 91.2 Å². The highest BCUT2D eigenvalue weighted by molar-refractivity contribution is 7.98. The summed E-state index contributed by atoms with van der Waals surface area (Å²) in [5.41, 5.74) is 9.24. The number of nitrogens with two attached hydrogens (primary N) is 1. The largest absolute Gasteiger partial charge is 0.472 e. The molecule has 6 nitrogen and oxygen atoms in total. The molecule has 0 spiro atoms. The van der Waals surface area contributed by atoms with Gasteiger partial charge in [-0.1, -0.05) is 42.1 Å². The summed E-state index contributed by atoms with van der Waals surface area (Å²) in [7, 11) is 0. The molecule has 0 radical (unpaired) electrons. The van der Waals surface area contributed by atoms with Gasteiger partial charge in [-0.15, -0.1) is 11.3 Å². The molecule has 0 saturated carbocycles. The van der Waals surface area contributed by atoms with Crippen LogP contribution in [0.2, 0.25) is 0 Å². The Bertz CT molecular complexity index is 1110. The van der Waals surface area contributed by atoms with E-state index in [1.807, 2.05) is 24.3 Å². The fourth-order valence-electron chi connectivity index (χ4n) is 2.75. The third-order valence-electron chi connectivity index (χ3n) is 4.03. The second kappa shape index (κ2) is 8.04. The molecule has 1 aromatic carbocycles. The van der Waals surface area contributed by atoms with E-state index in [0.29, 0.717) is 31.6 Å². The van der Waals surface area contributed by atoms with E-state index < -0.39 is 5.97 Å². The van der Waals surface area contributed by atoms with Gasteiger partial charge in [-0.25, -0.2) is 14.8 Å². The van der Waals surface area contributed by atoms with Crippen LogP contribution < -0.4 is 5.73 Å². The summed E-state index contributed by atoms with van der Waals surface area (Å²) in [4.78, 5) is 22.6. The molecular weight excluding hydrogens is 394 g/mol. The van der Waals surface area contributed by atoms with Crippen molar-refractivity contribution < 1.29 is 13.9 Å². The third kappa shape index (κ3) is 3.61. The molecule has 0 unspecified atom stereocenters. The lowest BCUT2D eigenvalue weighted by atomic mass is 10.1. The van der Waals surface area contributed by atoms with Crippen LogP contribution in [-0.2, 0) is 10.5 Å². The quantitative estimate of drug-likeness (QED) is 0.271. The molecule has 0 aliphatic rings. The summed E-state index contributed by atoms with van der Waals surface area (Å²) >= 11 is 2.76. The predicted molar refractivity (Wildman–Crippen MR) is 111 cm³/mol.